The molecular weight excluding hydrogens is 360 g/mol. The zero-order chi connectivity index (χ0) is 19.3. The lowest BCUT2D eigenvalue weighted by molar-refractivity contribution is -0.0455. The quantitative estimate of drug-likeness (QED) is 0.732. The number of benzene rings is 2. The van der Waals surface area contributed by atoms with Crippen LogP contribution in [0.4, 0.5) is 0 Å². The van der Waals surface area contributed by atoms with E-state index in [1.165, 1.54) is 0 Å². The summed E-state index contributed by atoms with van der Waals surface area (Å²) in [4.78, 5) is 0. The van der Waals surface area contributed by atoms with Crippen molar-refractivity contribution in [1.82, 2.24) is 8.61 Å². The highest BCUT2D eigenvalue weighted by Crippen LogP contribution is 2.20. The molecule has 1 aliphatic rings. The van der Waals surface area contributed by atoms with Crippen molar-refractivity contribution < 1.29 is 13.2 Å². The van der Waals surface area contributed by atoms with E-state index in [0.717, 1.165) is 11.1 Å². The smallest absolute Gasteiger partial charge is 0.282 e. The lowest BCUT2D eigenvalue weighted by atomic mass is 10.1. The molecule has 2 unspecified atom stereocenters. The molecule has 2 aromatic carbocycles. The van der Waals surface area contributed by atoms with Crippen LogP contribution >= 0.6 is 0 Å². The van der Waals surface area contributed by atoms with Gasteiger partial charge >= 0.3 is 0 Å². The van der Waals surface area contributed by atoms with E-state index in [2.05, 4.69) is 0 Å². The molecule has 1 heterocycles. The van der Waals surface area contributed by atoms with E-state index in [4.69, 9.17) is 4.74 Å². The van der Waals surface area contributed by atoms with E-state index in [1.54, 1.807) is 8.61 Å². The van der Waals surface area contributed by atoms with Crippen LogP contribution in [-0.4, -0.2) is 48.9 Å². The maximum atomic E-state index is 13.4. The van der Waals surface area contributed by atoms with Gasteiger partial charge in [-0.15, -0.1) is 0 Å². The minimum Gasteiger partial charge on any atom is -0.373 e. The topological polar surface area (TPSA) is 49.9 Å². The molecule has 2 atom stereocenters. The lowest BCUT2D eigenvalue weighted by Gasteiger charge is -2.37. The first-order valence-electron chi connectivity index (χ1n) is 9.43. The second-order valence-corrected chi connectivity index (χ2v) is 9.07. The molecule has 0 spiro atoms. The van der Waals surface area contributed by atoms with E-state index >= 15 is 0 Å². The van der Waals surface area contributed by atoms with Crippen molar-refractivity contribution in [3.8, 4) is 0 Å². The van der Waals surface area contributed by atoms with Crippen LogP contribution in [0, 0.1) is 0 Å². The van der Waals surface area contributed by atoms with Crippen LogP contribution in [0.5, 0.6) is 0 Å². The molecule has 0 amide bonds. The first-order chi connectivity index (χ1) is 12.9. The van der Waals surface area contributed by atoms with Crippen LogP contribution in [-0.2, 0) is 27.9 Å². The van der Waals surface area contributed by atoms with Crippen molar-refractivity contribution in [2.45, 2.75) is 39.0 Å². The molecular formula is C21H28N2O3S. The summed E-state index contributed by atoms with van der Waals surface area (Å²) >= 11 is 0. The van der Waals surface area contributed by atoms with Gasteiger partial charge in [0.25, 0.3) is 10.2 Å². The molecule has 27 heavy (non-hydrogen) atoms. The van der Waals surface area contributed by atoms with E-state index in [0.29, 0.717) is 32.6 Å². The molecule has 0 aromatic heterocycles. The van der Waals surface area contributed by atoms with Crippen LogP contribution < -0.4 is 0 Å². The van der Waals surface area contributed by atoms with Crippen LogP contribution in [0.15, 0.2) is 60.7 Å². The molecule has 5 nitrogen and oxygen atoms in total. The van der Waals surface area contributed by atoms with Gasteiger partial charge in [0, 0.05) is 26.2 Å². The van der Waals surface area contributed by atoms with Gasteiger partial charge in [-0.3, -0.25) is 0 Å². The van der Waals surface area contributed by atoms with E-state index in [-0.39, 0.29) is 12.2 Å². The number of hydrogen-bond acceptors (Lipinski definition) is 3. The van der Waals surface area contributed by atoms with Gasteiger partial charge < -0.3 is 4.74 Å². The number of morpholine rings is 1. The highest BCUT2D eigenvalue weighted by atomic mass is 32.2. The third-order valence-electron chi connectivity index (χ3n) is 4.73. The molecule has 0 bridgehead atoms. The highest BCUT2D eigenvalue weighted by Gasteiger charge is 2.35. The zero-order valence-corrected chi connectivity index (χ0v) is 16.8. The van der Waals surface area contributed by atoms with E-state index in [9.17, 15) is 8.42 Å². The van der Waals surface area contributed by atoms with Gasteiger partial charge in [-0.2, -0.15) is 17.0 Å². The fraction of sp³-hybridized carbons (Fsp3) is 0.429. The number of hydrogen-bond donors (Lipinski definition) is 0. The maximum Gasteiger partial charge on any atom is 0.282 e. The van der Waals surface area contributed by atoms with Crippen molar-refractivity contribution in [3.63, 3.8) is 0 Å². The molecule has 6 heteroatoms. The Morgan fingerprint density at radius 2 is 1.44 bits per heavy atom. The molecule has 1 fully saturated rings. The Bertz CT molecular complexity index is 802. The standard InChI is InChI=1S/C21H28N2O3S/c1-18-15-23(16-19(2)26-18)27(24,25)22(17-21-11-7-4-8-12-21)14-13-20-9-5-3-6-10-20/h3-12,18-19H,13-17H2,1-2H3. The summed E-state index contributed by atoms with van der Waals surface area (Å²) in [6.45, 7) is 5.44. The summed E-state index contributed by atoms with van der Waals surface area (Å²) in [7, 11) is -3.57. The predicted octanol–water partition coefficient (Wildman–Crippen LogP) is 3.09. The summed E-state index contributed by atoms with van der Waals surface area (Å²) in [5.74, 6) is 0. The van der Waals surface area contributed by atoms with Crippen molar-refractivity contribution in [2.24, 2.45) is 0 Å². The lowest BCUT2D eigenvalue weighted by Crippen LogP contribution is -2.53. The average Bonchev–Trinajstić information content (AvgIpc) is 2.66. The molecule has 146 valence electrons. The van der Waals surface area contributed by atoms with E-state index < -0.39 is 10.2 Å². The normalized spacial score (nSPS) is 21.4. The van der Waals surface area contributed by atoms with Crippen molar-refractivity contribution in [3.05, 3.63) is 71.8 Å². The van der Waals surface area contributed by atoms with Gasteiger partial charge in [-0.05, 0) is 31.4 Å². The number of ether oxygens (including phenoxy) is 1. The first-order valence-corrected chi connectivity index (χ1v) is 10.8. The third kappa shape index (κ3) is 5.39. The third-order valence-corrected chi connectivity index (χ3v) is 6.65. The van der Waals surface area contributed by atoms with Gasteiger partial charge in [-0.1, -0.05) is 60.7 Å². The Morgan fingerprint density at radius 1 is 0.926 bits per heavy atom. The highest BCUT2D eigenvalue weighted by molar-refractivity contribution is 7.86. The Morgan fingerprint density at radius 3 is 2.00 bits per heavy atom. The molecule has 2 aromatic rings. The van der Waals surface area contributed by atoms with Crippen LogP contribution in [0.3, 0.4) is 0 Å². The fourth-order valence-corrected chi connectivity index (χ4v) is 5.20. The molecule has 0 aliphatic carbocycles. The summed E-state index contributed by atoms with van der Waals surface area (Å²) in [5, 5.41) is 0. The first kappa shape index (κ1) is 20.0. The van der Waals surface area contributed by atoms with Crippen molar-refractivity contribution >= 4 is 10.2 Å². The SMILES string of the molecule is CC1CN(S(=O)(=O)N(CCc2ccccc2)Cc2ccccc2)CC(C)O1. The maximum absolute atomic E-state index is 13.4. The van der Waals surface area contributed by atoms with Crippen LogP contribution in [0.1, 0.15) is 25.0 Å². The Hall–Kier alpha value is -1.73. The number of rotatable bonds is 7. The summed E-state index contributed by atoms with van der Waals surface area (Å²) in [6.07, 6.45) is 0.481. The molecule has 0 saturated carbocycles. The van der Waals surface area contributed by atoms with E-state index in [1.807, 2.05) is 74.5 Å². The molecule has 0 radical (unpaired) electrons. The monoisotopic (exact) mass is 388 g/mol. The molecule has 1 aliphatic heterocycles. The molecule has 0 N–H and O–H groups in total. The van der Waals surface area contributed by atoms with Crippen molar-refractivity contribution in [1.29, 1.82) is 0 Å². The van der Waals surface area contributed by atoms with Gasteiger partial charge in [0.05, 0.1) is 12.2 Å². The summed E-state index contributed by atoms with van der Waals surface area (Å²) < 4.78 is 35.7. The zero-order valence-electron chi connectivity index (χ0n) is 16.0. The second kappa shape index (κ2) is 8.97. The largest absolute Gasteiger partial charge is 0.373 e. The Kier molecular flexibility index (Phi) is 6.65. The minimum absolute atomic E-state index is 0.101. The average molecular weight is 389 g/mol. The minimum atomic E-state index is -3.57. The predicted molar refractivity (Wildman–Crippen MR) is 107 cm³/mol. The van der Waals surface area contributed by atoms with Gasteiger partial charge in [0.1, 0.15) is 0 Å². The van der Waals surface area contributed by atoms with Crippen LogP contribution in [0.25, 0.3) is 0 Å². The Labute approximate surface area is 162 Å². The van der Waals surface area contributed by atoms with Crippen molar-refractivity contribution in [2.75, 3.05) is 19.6 Å². The van der Waals surface area contributed by atoms with Gasteiger partial charge in [0.2, 0.25) is 0 Å². The van der Waals surface area contributed by atoms with Crippen LogP contribution in [0.2, 0.25) is 0 Å². The second-order valence-electron chi connectivity index (χ2n) is 7.14. The van der Waals surface area contributed by atoms with Gasteiger partial charge in [-0.25, -0.2) is 0 Å². The summed E-state index contributed by atoms with van der Waals surface area (Å²) in [6, 6.07) is 19.8. The molecule has 3 rings (SSSR count). The Balaban J connectivity index is 1.80. The summed E-state index contributed by atoms with van der Waals surface area (Å²) in [5.41, 5.74) is 2.12. The van der Waals surface area contributed by atoms with Gasteiger partial charge in [0.15, 0.2) is 0 Å². The fourth-order valence-electron chi connectivity index (χ4n) is 3.44. The molecule has 1 saturated heterocycles. The number of nitrogens with zero attached hydrogens (tertiary/aromatic N) is 2.